The molecule has 0 bridgehead atoms. The fraction of sp³-hybridized carbons (Fsp3) is 0.0741. The van der Waals surface area contributed by atoms with Crippen LogP contribution in [0.4, 0.5) is 24.5 Å². The first-order valence-electron chi connectivity index (χ1n) is 11.8. The summed E-state index contributed by atoms with van der Waals surface area (Å²) in [7, 11) is -3.96. The van der Waals surface area contributed by atoms with Crippen molar-refractivity contribution in [1.82, 2.24) is 4.57 Å². The Morgan fingerprint density at radius 1 is 1.00 bits per heavy atom. The fourth-order valence-corrected chi connectivity index (χ4v) is 4.99. The molecule has 210 valence electrons. The van der Waals surface area contributed by atoms with Gasteiger partial charge in [-0.05, 0) is 71.0 Å². The van der Waals surface area contributed by atoms with Crippen molar-refractivity contribution >= 4 is 60.4 Å². The number of anilines is 1. The minimum Gasteiger partial charge on any atom is -0.493 e. The van der Waals surface area contributed by atoms with Gasteiger partial charge >= 0.3 is 6.36 Å². The van der Waals surface area contributed by atoms with Crippen LogP contribution in [-0.2, 0) is 16.6 Å². The van der Waals surface area contributed by atoms with Crippen molar-refractivity contribution in [1.29, 1.82) is 0 Å². The lowest BCUT2D eigenvalue weighted by molar-refractivity contribution is -0.274. The summed E-state index contributed by atoms with van der Waals surface area (Å²) < 4.78 is 67.5. The van der Waals surface area contributed by atoms with E-state index in [2.05, 4.69) is 20.3 Å². The summed E-state index contributed by atoms with van der Waals surface area (Å²) in [5, 5.41) is 28.8. The highest BCUT2D eigenvalue weighted by Crippen LogP contribution is 2.41. The average molecular weight is 600 g/mol. The zero-order valence-electron chi connectivity index (χ0n) is 20.8. The molecule has 5 rings (SSSR count). The van der Waals surface area contributed by atoms with Crippen LogP contribution in [0, 0.1) is 0 Å². The summed E-state index contributed by atoms with van der Waals surface area (Å²) in [4.78, 5) is -0.158. The van der Waals surface area contributed by atoms with Crippen LogP contribution in [-0.4, -0.2) is 29.6 Å². The Kier molecular flexibility index (Phi) is 7.38. The second-order valence-corrected chi connectivity index (χ2v) is 10.8. The van der Waals surface area contributed by atoms with Crippen LogP contribution in [0.15, 0.2) is 100 Å². The van der Waals surface area contributed by atoms with Gasteiger partial charge in [0.2, 0.25) is 21.0 Å². The quantitative estimate of drug-likeness (QED) is 0.149. The Balaban J connectivity index is 1.51. The van der Waals surface area contributed by atoms with Crippen LogP contribution in [0.5, 0.6) is 11.6 Å². The second-order valence-electron chi connectivity index (χ2n) is 8.87. The third kappa shape index (κ3) is 6.45. The molecule has 0 spiro atoms. The largest absolute Gasteiger partial charge is 0.573 e. The predicted molar refractivity (Wildman–Crippen MR) is 152 cm³/mol. The van der Waals surface area contributed by atoms with Gasteiger partial charge in [-0.3, -0.25) is 0 Å². The molecule has 14 heteroatoms. The molecule has 4 N–H and O–H groups in total. The Labute approximate surface area is 236 Å². The van der Waals surface area contributed by atoms with Gasteiger partial charge in [-0.15, -0.1) is 23.4 Å². The van der Waals surface area contributed by atoms with Gasteiger partial charge in [0.15, 0.2) is 5.69 Å². The molecule has 1 aromatic heterocycles. The molecule has 4 aromatic carbocycles. The lowest BCUT2D eigenvalue weighted by Gasteiger charge is -2.10. The molecule has 0 fully saturated rings. The molecule has 0 amide bonds. The summed E-state index contributed by atoms with van der Waals surface area (Å²) in [6, 6.07) is 22.6. The second kappa shape index (κ2) is 10.8. The Morgan fingerprint density at radius 2 is 1.76 bits per heavy atom. The van der Waals surface area contributed by atoms with Crippen molar-refractivity contribution in [2.24, 2.45) is 15.4 Å². The maximum absolute atomic E-state index is 12.9. The number of rotatable bonds is 6. The standard InChI is InChI=1S/C27H20F3N5O4S2/c28-27(29,30)39-20-10-11-23-22(14-20)24(33-34-26(40)32-19-6-3-7-21(13-19)41(31,37)38)25(36)35(23)15-16-8-9-17-4-1-2-5-18(17)12-16/h1-14,36H,15H2,(H,32,40)(H2,31,37,38). The number of benzene rings is 4. The predicted octanol–water partition coefficient (Wildman–Crippen LogP) is 6.58. The highest BCUT2D eigenvalue weighted by Gasteiger charge is 2.31. The van der Waals surface area contributed by atoms with Gasteiger partial charge in [-0.1, -0.05) is 42.5 Å². The highest BCUT2D eigenvalue weighted by atomic mass is 32.2. The number of halogens is 3. The van der Waals surface area contributed by atoms with E-state index >= 15 is 0 Å². The first-order chi connectivity index (χ1) is 19.4. The summed E-state index contributed by atoms with van der Waals surface area (Å²) in [6.45, 7) is 0.172. The Bertz CT molecular complexity index is 1940. The first kappa shape index (κ1) is 28.0. The molecule has 0 aliphatic heterocycles. The molecule has 0 radical (unpaired) electrons. The number of aromatic nitrogens is 1. The van der Waals surface area contributed by atoms with E-state index in [1.54, 1.807) is 0 Å². The number of nitrogens with two attached hydrogens (primary N) is 1. The molecule has 0 unspecified atom stereocenters. The smallest absolute Gasteiger partial charge is 0.493 e. The van der Waals surface area contributed by atoms with E-state index in [1.807, 2.05) is 42.5 Å². The molecule has 41 heavy (non-hydrogen) atoms. The number of primary sulfonamides is 1. The van der Waals surface area contributed by atoms with Crippen LogP contribution >= 0.6 is 12.2 Å². The number of nitrogens with zero attached hydrogens (tertiary/aromatic N) is 3. The van der Waals surface area contributed by atoms with E-state index in [9.17, 15) is 26.7 Å². The number of nitrogens with one attached hydrogen (secondary N) is 1. The fourth-order valence-electron chi connectivity index (χ4n) is 4.27. The van der Waals surface area contributed by atoms with Crippen LogP contribution in [0.1, 0.15) is 5.56 Å². The monoisotopic (exact) mass is 599 g/mol. The SMILES string of the molecule is NS(=O)(=O)c1cccc(NC(=S)N=Nc2c(O)n(Cc3ccc4ccccc4c3)c3ccc(OC(F)(F)F)cc23)c1. The number of fused-ring (bicyclic) bond motifs is 2. The van der Waals surface area contributed by atoms with Crippen LogP contribution in [0.25, 0.3) is 21.7 Å². The molecule has 0 saturated heterocycles. The molecule has 5 aromatic rings. The van der Waals surface area contributed by atoms with Gasteiger partial charge in [-0.2, -0.15) is 0 Å². The number of sulfonamides is 1. The number of hydrogen-bond acceptors (Lipinski definition) is 6. The number of thiocarbonyl (C=S) groups is 1. The van der Waals surface area contributed by atoms with E-state index in [-0.39, 0.29) is 39.2 Å². The number of alkyl halides is 3. The molecule has 0 aliphatic rings. The Morgan fingerprint density at radius 3 is 2.49 bits per heavy atom. The van der Waals surface area contributed by atoms with Crippen molar-refractivity contribution in [3.8, 4) is 11.6 Å². The maximum Gasteiger partial charge on any atom is 0.573 e. The molecular formula is C27H20F3N5O4S2. The number of azo groups is 1. The van der Waals surface area contributed by atoms with Gasteiger partial charge in [-0.25, -0.2) is 13.6 Å². The highest BCUT2D eigenvalue weighted by molar-refractivity contribution is 7.89. The minimum atomic E-state index is -4.93. The number of hydrogen-bond donors (Lipinski definition) is 3. The van der Waals surface area contributed by atoms with E-state index in [4.69, 9.17) is 17.4 Å². The number of aromatic hydroxyl groups is 1. The van der Waals surface area contributed by atoms with E-state index in [0.29, 0.717) is 5.52 Å². The van der Waals surface area contributed by atoms with Gasteiger partial charge in [0, 0.05) is 11.1 Å². The molecular weight excluding hydrogens is 579 g/mol. The van der Waals surface area contributed by atoms with Gasteiger partial charge in [0.05, 0.1) is 17.0 Å². The van der Waals surface area contributed by atoms with Crippen molar-refractivity contribution in [3.05, 3.63) is 90.5 Å². The van der Waals surface area contributed by atoms with Crippen LogP contribution in [0.3, 0.4) is 0 Å². The zero-order chi connectivity index (χ0) is 29.4. The maximum atomic E-state index is 12.9. The normalized spacial score (nSPS) is 12.3. The summed E-state index contributed by atoms with van der Waals surface area (Å²) in [5.74, 6) is -0.870. The van der Waals surface area contributed by atoms with Crippen molar-refractivity contribution in [3.63, 3.8) is 0 Å². The van der Waals surface area contributed by atoms with Gasteiger partial charge < -0.3 is 19.7 Å². The van der Waals surface area contributed by atoms with Crippen molar-refractivity contribution < 1.29 is 31.4 Å². The lowest BCUT2D eigenvalue weighted by atomic mass is 10.1. The lowest BCUT2D eigenvalue weighted by Crippen LogP contribution is -2.17. The summed E-state index contributed by atoms with van der Waals surface area (Å²) >= 11 is 5.18. The summed E-state index contributed by atoms with van der Waals surface area (Å²) in [5.41, 5.74) is 1.31. The topological polar surface area (TPSA) is 131 Å². The van der Waals surface area contributed by atoms with E-state index < -0.39 is 22.1 Å². The van der Waals surface area contributed by atoms with Crippen molar-refractivity contribution in [2.45, 2.75) is 17.8 Å². The first-order valence-corrected chi connectivity index (χ1v) is 13.8. The van der Waals surface area contributed by atoms with E-state index in [1.165, 1.54) is 34.9 Å². The van der Waals surface area contributed by atoms with E-state index in [0.717, 1.165) is 28.5 Å². The number of ether oxygens (including phenoxy) is 1. The van der Waals surface area contributed by atoms with Gasteiger partial charge in [0.25, 0.3) is 0 Å². The zero-order valence-corrected chi connectivity index (χ0v) is 22.5. The third-order valence-electron chi connectivity index (χ3n) is 6.02. The van der Waals surface area contributed by atoms with Crippen LogP contribution in [0.2, 0.25) is 0 Å². The molecule has 0 saturated carbocycles. The molecule has 9 nitrogen and oxygen atoms in total. The third-order valence-corrected chi connectivity index (χ3v) is 7.12. The Hall–Kier alpha value is -4.53. The summed E-state index contributed by atoms with van der Waals surface area (Å²) in [6.07, 6.45) is -4.93. The average Bonchev–Trinajstić information content (AvgIpc) is 3.15. The molecule has 0 atom stereocenters. The minimum absolute atomic E-state index is 0.132. The van der Waals surface area contributed by atoms with Gasteiger partial charge in [0.1, 0.15) is 5.75 Å². The molecule has 1 heterocycles. The molecule has 0 aliphatic carbocycles. The van der Waals surface area contributed by atoms with Crippen LogP contribution < -0.4 is 15.2 Å². The van der Waals surface area contributed by atoms with Crippen molar-refractivity contribution in [2.75, 3.05) is 5.32 Å².